The Labute approximate surface area is 105 Å². The monoisotopic (exact) mass is 260 g/mol. The summed E-state index contributed by atoms with van der Waals surface area (Å²) in [4.78, 5) is 0. The normalized spacial score (nSPS) is 30.6. The van der Waals surface area contributed by atoms with Crippen LogP contribution in [0, 0.1) is 5.92 Å². The van der Waals surface area contributed by atoms with Gasteiger partial charge >= 0.3 is 0 Å². The maximum absolute atomic E-state index is 11.5. The molecule has 2 aliphatic rings. The lowest BCUT2D eigenvalue weighted by atomic mass is 9.83. The standard InChI is InChI=1S/C12H24N2O2S/c1-17(15,16)14-8-4-5-11(10-14)9-12(13)6-2-3-7-12/h11H,2-10,13H2,1H3. The average Bonchev–Trinajstić information content (AvgIpc) is 2.64. The van der Waals surface area contributed by atoms with Gasteiger partial charge in [0.1, 0.15) is 0 Å². The molecular formula is C12H24N2O2S. The second kappa shape index (κ2) is 4.86. The van der Waals surface area contributed by atoms with Crippen molar-refractivity contribution in [1.29, 1.82) is 0 Å². The Balaban J connectivity index is 1.94. The van der Waals surface area contributed by atoms with Crippen molar-refractivity contribution in [3.8, 4) is 0 Å². The minimum absolute atomic E-state index is 0.00875. The number of hydrogen-bond donors (Lipinski definition) is 1. The van der Waals surface area contributed by atoms with Gasteiger partial charge < -0.3 is 5.73 Å². The van der Waals surface area contributed by atoms with Gasteiger partial charge in [-0.3, -0.25) is 0 Å². The fourth-order valence-corrected chi connectivity index (χ4v) is 4.30. The van der Waals surface area contributed by atoms with Crippen molar-refractivity contribution in [1.82, 2.24) is 4.31 Å². The van der Waals surface area contributed by atoms with Gasteiger partial charge in [0.2, 0.25) is 10.0 Å². The Bertz CT molecular complexity index is 361. The van der Waals surface area contributed by atoms with E-state index in [1.807, 2.05) is 0 Å². The quantitative estimate of drug-likeness (QED) is 0.832. The molecule has 1 atom stereocenters. The Kier molecular flexibility index (Phi) is 3.80. The molecule has 2 rings (SSSR count). The van der Waals surface area contributed by atoms with Crippen molar-refractivity contribution in [2.24, 2.45) is 11.7 Å². The van der Waals surface area contributed by atoms with Crippen molar-refractivity contribution in [2.75, 3.05) is 19.3 Å². The van der Waals surface area contributed by atoms with Gasteiger partial charge in [0.25, 0.3) is 0 Å². The third-order valence-corrected chi connectivity index (χ3v) is 5.51. The summed E-state index contributed by atoms with van der Waals surface area (Å²) in [6.45, 7) is 1.37. The average molecular weight is 260 g/mol. The molecule has 1 aliphatic heterocycles. The molecule has 1 saturated heterocycles. The number of hydrogen-bond acceptors (Lipinski definition) is 3. The number of nitrogens with zero attached hydrogens (tertiary/aromatic N) is 1. The number of sulfonamides is 1. The van der Waals surface area contributed by atoms with E-state index in [4.69, 9.17) is 5.73 Å². The first kappa shape index (κ1) is 13.3. The van der Waals surface area contributed by atoms with Gasteiger partial charge in [0.05, 0.1) is 6.26 Å². The molecule has 0 radical (unpaired) electrons. The first-order chi connectivity index (χ1) is 7.89. The molecular weight excluding hydrogens is 236 g/mol. The van der Waals surface area contributed by atoms with Crippen molar-refractivity contribution < 1.29 is 8.42 Å². The highest BCUT2D eigenvalue weighted by Gasteiger charge is 2.35. The summed E-state index contributed by atoms with van der Waals surface area (Å²) in [5.74, 6) is 0.460. The number of piperidine rings is 1. The summed E-state index contributed by atoms with van der Waals surface area (Å²) in [6, 6.07) is 0. The van der Waals surface area contributed by atoms with Crippen LogP contribution in [0.15, 0.2) is 0 Å². The van der Waals surface area contributed by atoms with E-state index in [1.54, 1.807) is 4.31 Å². The molecule has 0 aromatic heterocycles. The van der Waals surface area contributed by atoms with Gasteiger partial charge in [0, 0.05) is 18.6 Å². The highest BCUT2D eigenvalue weighted by molar-refractivity contribution is 7.88. The molecule has 1 heterocycles. The lowest BCUT2D eigenvalue weighted by molar-refractivity contribution is 0.215. The SMILES string of the molecule is CS(=O)(=O)N1CCCC(CC2(N)CCCC2)C1. The van der Waals surface area contributed by atoms with E-state index in [-0.39, 0.29) is 5.54 Å². The van der Waals surface area contributed by atoms with Crippen LogP contribution in [0.25, 0.3) is 0 Å². The Morgan fingerprint density at radius 3 is 2.53 bits per heavy atom. The van der Waals surface area contributed by atoms with Crippen LogP contribution in [0.1, 0.15) is 44.9 Å². The maximum Gasteiger partial charge on any atom is 0.211 e. The maximum atomic E-state index is 11.5. The van der Waals surface area contributed by atoms with Gasteiger partial charge in [0.15, 0.2) is 0 Å². The summed E-state index contributed by atoms with van der Waals surface area (Å²) in [5.41, 5.74) is 6.37. The predicted molar refractivity (Wildman–Crippen MR) is 69.1 cm³/mol. The molecule has 4 nitrogen and oxygen atoms in total. The Morgan fingerprint density at radius 2 is 1.94 bits per heavy atom. The number of rotatable bonds is 3. The lowest BCUT2D eigenvalue weighted by Crippen LogP contribution is -2.45. The number of nitrogens with two attached hydrogens (primary N) is 1. The second-order valence-corrected chi connectivity index (χ2v) is 7.89. The highest BCUT2D eigenvalue weighted by Crippen LogP contribution is 2.35. The van der Waals surface area contributed by atoms with E-state index in [0.717, 1.165) is 32.1 Å². The van der Waals surface area contributed by atoms with Crippen molar-refractivity contribution in [2.45, 2.75) is 50.5 Å². The second-order valence-electron chi connectivity index (χ2n) is 5.90. The molecule has 2 fully saturated rings. The molecule has 100 valence electrons. The third kappa shape index (κ3) is 3.42. The smallest absolute Gasteiger partial charge is 0.211 e. The molecule has 2 N–H and O–H groups in total. The van der Waals surface area contributed by atoms with Crippen LogP contribution in [0.2, 0.25) is 0 Å². The molecule has 1 saturated carbocycles. The first-order valence-corrected chi connectivity index (χ1v) is 8.48. The zero-order chi connectivity index (χ0) is 12.5. The Morgan fingerprint density at radius 1 is 1.29 bits per heavy atom. The lowest BCUT2D eigenvalue weighted by Gasteiger charge is -2.35. The molecule has 0 amide bonds. The highest BCUT2D eigenvalue weighted by atomic mass is 32.2. The zero-order valence-corrected chi connectivity index (χ0v) is 11.5. The minimum Gasteiger partial charge on any atom is -0.325 e. The van der Waals surface area contributed by atoms with Gasteiger partial charge in [-0.1, -0.05) is 12.8 Å². The molecule has 0 bridgehead atoms. The minimum atomic E-state index is -3.02. The van der Waals surface area contributed by atoms with Crippen molar-refractivity contribution >= 4 is 10.0 Å². The van der Waals surface area contributed by atoms with Gasteiger partial charge in [-0.05, 0) is 38.0 Å². The van der Waals surface area contributed by atoms with E-state index in [1.165, 1.54) is 19.1 Å². The fraction of sp³-hybridized carbons (Fsp3) is 1.00. The van der Waals surface area contributed by atoms with Crippen molar-refractivity contribution in [3.05, 3.63) is 0 Å². The van der Waals surface area contributed by atoms with E-state index < -0.39 is 10.0 Å². The van der Waals surface area contributed by atoms with Crippen LogP contribution in [0.4, 0.5) is 0 Å². The molecule has 1 unspecified atom stereocenters. The van der Waals surface area contributed by atoms with Crippen LogP contribution in [0.5, 0.6) is 0 Å². The molecule has 1 aliphatic carbocycles. The van der Waals surface area contributed by atoms with Crippen LogP contribution < -0.4 is 5.73 Å². The van der Waals surface area contributed by atoms with E-state index >= 15 is 0 Å². The van der Waals surface area contributed by atoms with Crippen LogP contribution in [-0.2, 0) is 10.0 Å². The van der Waals surface area contributed by atoms with Gasteiger partial charge in [-0.25, -0.2) is 12.7 Å². The zero-order valence-electron chi connectivity index (χ0n) is 10.7. The Hall–Kier alpha value is -0.130. The van der Waals surface area contributed by atoms with E-state index in [0.29, 0.717) is 19.0 Å². The van der Waals surface area contributed by atoms with Crippen molar-refractivity contribution in [3.63, 3.8) is 0 Å². The molecule has 17 heavy (non-hydrogen) atoms. The van der Waals surface area contributed by atoms with Gasteiger partial charge in [-0.15, -0.1) is 0 Å². The summed E-state index contributed by atoms with van der Waals surface area (Å²) in [7, 11) is -3.02. The summed E-state index contributed by atoms with van der Waals surface area (Å²) in [5, 5.41) is 0. The van der Waals surface area contributed by atoms with Crippen LogP contribution >= 0.6 is 0 Å². The fourth-order valence-electron chi connectivity index (χ4n) is 3.35. The van der Waals surface area contributed by atoms with E-state index in [2.05, 4.69) is 0 Å². The largest absolute Gasteiger partial charge is 0.325 e. The summed E-state index contributed by atoms with van der Waals surface area (Å²) < 4.78 is 24.7. The third-order valence-electron chi connectivity index (χ3n) is 4.25. The molecule has 0 aromatic rings. The first-order valence-electron chi connectivity index (χ1n) is 6.63. The molecule has 0 aromatic carbocycles. The molecule has 5 heteroatoms. The summed E-state index contributed by atoms with van der Waals surface area (Å²) in [6.07, 6.45) is 9.11. The topological polar surface area (TPSA) is 63.4 Å². The molecule has 0 spiro atoms. The van der Waals surface area contributed by atoms with Gasteiger partial charge in [-0.2, -0.15) is 0 Å². The van der Waals surface area contributed by atoms with Crippen LogP contribution in [-0.4, -0.2) is 37.6 Å². The van der Waals surface area contributed by atoms with Crippen LogP contribution in [0.3, 0.4) is 0 Å². The predicted octanol–water partition coefficient (Wildman–Crippen LogP) is 1.32. The van der Waals surface area contributed by atoms with E-state index in [9.17, 15) is 8.42 Å². The summed E-state index contributed by atoms with van der Waals surface area (Å²) >= 11 is 0.